The summed E-state index contributed by atoms with van der Waals surface area (Å²) >= 11 is 17.3. The largest absolute Gasteiger partial charge is 0.495 e. The van der Waals surface area contributed by atoms with Crippen molar-refractivity contribution in [2.24, 2.45) is 28.5 Å². The zero-order chi connectivity index (χ0) is 67.8. The van der Waals surface area contributed by atoms with Crippen molar-refractivity contribution in [2.45, 2.75) is 160 Å². The molecule has 4 bridgehead atoms. The number of Topliss-reactive ketones (excluding diaryl/α,β-unsaturated/α-hetero) is 1. The number of nitrogens with zero attached hydrogens (tertiary/aromatic N) is 4. The maximum absolute atomic E-state index is 14.5. The number of esters is 2. The van der Waals surface area contributed by atoms with Crippen LogP contribution in [0.25, 0.3) is 0 Å². The molecule has 92 heavy (non-hydrogen) atoms. The van der Waals surface area contributed by atoms with Crippen LogP contribution >= 0.6 is 36.0 Å². The first-order valence-corrected chi connectivity index (χ1v) is 31.8. The highest BCUT2D eigenvalue weighted by molar-refractivity contribution is 7.80. The molecule has 0 unspecified atom stereocenters. The van der Waals surface area contributed by atoms with E-state index in [1.54, 1.807) is 69.4 Å². The number of methoxy groups -OCH3 is 2. The molecule has 6 amide bonds. The van der Waals surface area contributed by atoms with E-state index >= 15 is 0 Å². The van der Waals surface area contributed by atoms with E-state index in [9.17, 15) is 43.5 Å². The Bertz CT molecular complexity index is 3310. The zero-order valence-corrected chi connectivity index (χ0v) is 56.5. The Hall–Kier alpha value is -7.44. The Morgan fingerprint density at radius 1 is 1.00 bits per heavy atom. The Kier molecular flexibility index (Phi) is 26.7. The first-order chi connectivity index (χ1) is 43.5. The van der Waals surface area contributed by atoms with Crippen LogP contribution in [0.15, 0.2) is 89.5 Å². The minimum absolute atomic E-state index is 0.00843. The van der Waals surface area contributed by atoms with E-state index in [4.69, 9.17) is 70.2 Å². The molecule has 0 spiro atoms. The first-order valence-electron chi connectivity index (χ1n) is 30.6. The number of hydrogen-bond donors (Lipinski definition) is 4. The summed E-state index contributed by atoms with van der Waals surface area (Å²) in [5, 5.41) is 20.0. The molecular formula is C67H86ClN7O15S2. The van der Waals surface area contributed by atoms with Crippen molar-refractivity contribution >= 4 is 105 Å². The van der Waals surface area contributed by atoms with Gasteiger partial charge in [0, 0.05) is 78.9 Å². The number of amides is 6. The van der Waals surface area contributed by atoms with Gasteiger partial charge in [-0.25, -0.2) is 14.4 Å². The number of aliphatic hydroxyl groups is 1. The summed E-state index contributed by atoms with van der Waals surface area (Å²) in [6.07, 6.45) is 1.63. The van der Waals surface area contributed by atoms with Crippen LogP contribution in [0.1, 0.15) is 109 Å². The molecule has 5 N–H and O–H groups in total. The van der Waals surface area contributed by atoms with Crippen molar-refractivity contribution in [1.82, 2.24) is 20.4 Å². The number of ether oxygens (including phenoxy) is 6. The van der Waals surface area contributed by atoms with Crippen LogP contribution in [0.3, 0.4) is 0 Å². The number of benzene rings is 3. The van der Waals surface area contributed by atoms with Gasteiger partial charge in [0.2, 0.25) is 17.7 Å². The quantitative estimate of drug-likeness (QED) is 0.0154. The van der Waals surface area contributed by atoms with E-state index in [1.165, 1.54) is 49.9 Å². The fourth-order valence-corrected chi connectivity index (χ4v) is 12.1. The lowest BCUT2D eigenvalue weighted by Gasteiger charge is -2.41. The molecule has 498 valence electrons. The van der Waals surface area contributed by atoms with Crippen molar-refractivity contribution in [3.05, 3.63) is 112 Å². The van der Waals surface area contributed by atoms with Crippen LogP contribution in [0.4, 0.5) is 21.0 Å². The van der Waals surface area contributed by atoms with Gasteiger partial charge in [0.15, 0.2) is 5.78 Å². The Morgan fingerprint density at radius 3 is 2.30 bits per heavy atom. The van der Waals surface area contributed by atoms with Gasteiger partial charge in [-0.05, 0) is 116 Å². The number of epoxide rings is 1. The molecule has 0 aromatic heterocycles. The number of nitrogens with two attached hydrogens (primary N) is 1. The van der Waals surface area contributed by atoms with Crippen LogP contribution in [-0.2, 0) is 78.3 Å². The number of isothiocyanates is 1. The van der Waals surface area contributed by atoms with Crippen molar-refractivity contribution in [2.75, 3.05) is 53.4 Å². The molecule has 3 aromatic carbocycles. The number of rotatable bonds is 25. The summed E-state index contributed by atoms with van der Waals surface area (Å²) in [6.45, 7) is 10.7. The van der Waals surface area contributed by atoms with E-state index < -0.39 is 102 Å². The molecule has 10 atom stereocenters. The van der Waals surface area contributed by atoms with Crippen molar-refractivity contribution in [3.8, 4) is 5.75 Å². The van der Waals surface area contributed by atoms with Gasteiger partial charge >= 0.3 is 24.1 Å². The topological polar surface area (TPSA) is 288 Å². The molecule has 0 radical (unpaired) electrons. The van der Waals surface area contributed by atoms with Gasteiger partial charge in [-0.15, -0.1) is 0 Å². The Balaban J connectivity index is 1.06. The van der Waals surface area contributed by atoms with Crippen molar-refractivity contribution < 1.29 is 71.9 Å². The number of fused-ring (bicyclic) bond motifs is 5. The minimum Gasteiger partial charge on any atom is -0.495 e. The molecular weight excluding hydrogens is 1240 g/mol. The molecule has 25 heteroatoms. The van der Waals surface area contributed by atoms with Crippen molar-refractivity contribution in [1.29, 1.82) is 0 Å². The van der Waals surface area contributed by atoms with Crippen LogP contribution in [0.2, 0.25) is 5.02 Å². The van der Waals surface area contributed by atoms with Crippen LogP contribution in [-0.4, -0.2) is 169 Å². The van der Waals surface area contributed by atoms with E-state index in [-0.39, 0.29) is 74.4 Å². The van der Waals surface area contributed by atoms with E-state index in [0.717, 1.165) is 16.7 Å². The lowest BCUT2D eigenvalue weighted by atomic mass is 9.78. The third-order valence-electron chi connectivity index (χ3n) is 17.3. The highest BCUT2D eigenvalue weighted by Gasteiger charge is 2.64. The number of hydrogen-bond acceptors (Lipinski definition) is 18. The van der Waals surface area contributed by atoms with Gasteiger partial charge in [-0.1, -0.05) is 105 Å². The number of halogens is 1. The smallest absolute Gasteiger partial charge is 0.409 e. The SMILES string of the molecule is COc1cc2cc(c1Cl)N(C)C(=O)C[C@H](OC(=O)[C@H](C)N(C)C(=O)CCN(C)C(=O)OCc1ccc(CC(=O)[C@@H](CCCNC(N)=O)NC(=O)[C@H](CC(=S)Cc3ccc(N=C=S)cc3)C(C)C)cc1)[C@]1(C)O[C@H]1[C@H](C)[C@@H]1C[C@@](O)(CC(=O)O1)[C@H](OC)/C=C/C=C(\C)C2. The minimum atomic E-state index is -1.65. The van der Waals surface area contributed by atoms with Crippen LogP contribution in [0.5, 0.6) is 5.75 Å². The van der Waals surface area contributed by atoms with Gasteiger partial charge in [0.1, 0.15) is 52.9 Å². The summed E-state index contributed by atoms with van der Waals surface area (Å²) in [5.74, 6) is -3.96. The number of thiocarbonyl (C=S) groups is 2. The van der Waals surface area contributed by atoms with Crippen LogP contribution < -0.4 is 26.0 Å². The maximum atomic E-state index is 14.5. The van der Waals surface area contributed by atoms with Gasteiger partial charge in [0.05, 0.1) is 48.6 Å². The normalized spacial score (nSPS) is 23.3. The number of nitrogens with one attached hydrogen (secondary N) is 2. The Morgan fingerprint density at radius 2 is 1.66 bits per heavy atom. The van der Waals surface area contributed by atoms with E-state index in [0.29, 0.717) is 58.8 Å². The summed E-state index contributed by atoms with van der Waals surface area (Å²) in [4.78, 5) is 116. The molecule has 3 aliphatic rings. The molecule has 2 saturated heterocycles. The predicted molar refractivity (Wildman–Crippen MR) is 354 cm³/mol. The molecule has 0 aliphatic carbocycles. The number of likely N-dealkylation sites (N-methyl/N-ethyl adjacent to an activating group) is 1. The molecule has 3 aliphatic heterocycles. The lowest BCUT2D eigenvalue weighted by Crippen LogP contribution is -2.53. The average Bonchev–Trinajstić information content (AvgIpc) is 1.57. The standard InChI is InChI=1S/C67H86ClN7O15S2/c1-39(2)49(33-48(92)29-43-21-23-47(24-22-43)71-38-91)62(80)72-50(15-13-26-70-64(69)82)52(76)31-44-17-19-45(20-18-44)37-87-65(83)73(7)27-25-57(77)74(8)42(5)63(81)89-56-34-58(78)75(9)51-30-46(32-53(85-10)60(51)68)28-40(3)14-12-16-55(86-11)67(84)35-54(88-59(79)36-67)41(4)61-66(56,6)90-61/h12,14,16-24,30,32,39,41-42,49-50,54-56,61,84H,13,15,25-29,31,33-37H2,1-11H3,(H,72,80)(H3,69,70,82)/b16-12+,40-14+/t41-,42+,49-,50-,54+,55-,56+,61+,66+,67-/m1/s1. The summed E-state index contributed by atoms with van der Waals surface area (Å²) in [5.41, 5.74) is 7.16. The monoisotopic (exact) mass is 1330 g/mol. The second-order valence-electron chi connectivity index (χ2n) is 24.5. The third-order valence-corrected chi connectivity index (χ3v) is 18.1. The maximum Gasteiger partial charge on any atom is 0.409 e. The van der Waals surface area contributed by atoms with E-state index in [1.807, 2.05) is 51.1 Å². The van der Waals surface area contributed by atoms with Gasteiger partial charge in [-0.3, -0.25) is 24.0 Å². The molecule has 2 fully saturated rings. The number of aliphatic imine (C=N–C) groups is 1. The van der Waals surface area contributed by atoms with Gasteiger partial charge in [-0.2, -0.15) is 4.99 Å². The summed E-state index contributed by atoms with van der Waals surface area (Å²) < 4.78 is 35.3. The van der Waals surface area contributed by atoms with Gasteiger partial charge < -0.3 is 64.6 Å². The second-order valence-corrected chi connectivity index (χ2v) is 25.7. The number of ketones is 1. The molecule has 6 rings (SSSR count). The Labute approximate surface area is 553 Å². The van der Waals surface area contributed by atoms with Gasteiger partial charge in [0.25, 0.3) is 0 Å². The lowest BCUT2D eigenvalue weighted by molar-refractivity contribution is -0.187. The number of carbonyl (C=O) groups excluding carboxylic acids is 8. The van der Waals surface area contributed by atoms with Crippen LogP contribution in [0, 0.1) is 17.8 Å². The third kappa shape index (κ3) is 20.0. The van der Waals surface area contributed by atoms with Crippen molar-refractivity contribution in [3.63, 3.8) is 0 Å². The fourth-order valence-electron chi connectivity index (χ4n) is 11.4. The fraction of sp³-hybridized carbons (Fsp3) is 0.522. The number of urea groups is 1. The molecule has 3 aromatic rings. The second kappa shape index (κ2) is 33.4. The molecule has 22 nitrogen and oxygen atoms in total. The first kappa shape index (κ1) is 73.6. The summed E-state index contributed by atoms with van der Waals surface area (Å²) in [7, 11) is 7.33. The number of anilines is 1. The summed E-state index contributed by atoms with van der Waals surface area (Å²) in [6, 6.07) is 15.0. The van der Waals surface area contributed by atoms with E-state index in [2.05, 4.69) is 20.8 Å². The number of carbonyl (C=O) groups is 8. The highest BCUT2D eigenvalue weighted by atomic mass is 35.5. The average molecular weight is 1330 g/mol. The number of allylic oxidation sites excluding steroid dienone is 3. The molecule has 3 heterocycles. The zero-order valence-electron chi connectivity index (χ0n) is 54.1. The number of primary amides is 1. The molecule has 0 saturated carbocycles. The highest BCUT2D eigenvalue weighted by Crippen LogP contribution is 2.50. The predicted octanol–water partition coefficient (Wildman–Crippen LogP) is 8.48.